The van der Waals surface area contributed by atoms with E-state index in [1.807, 2.05) is 11.3 Å². The van der Waals surface area contributed by atoms with E-state index in [9.17, 15) is 0 Å². The number of benzene rings is 3. The molecule has 26 heavy (non-hydrogen) atoms. The van der Waals surface area contributed by atoms with Crippen LogP contribution in [0.2, 0.25) is 0 Å². The summed E-state index contributed by atoms with van der Waals surface area (Å²) in [7, 11) is 0. The molecule has 0 saturated heterocycles. The third-order valence-corrected chi connectivity index (χ3v) is 6.10. The molecule has 0 saturated carbocycles. The minimum Gasteiger partial charge on any atom is -0.316 e. The third-order valence-electron chi connectivity index (χ3n) is 4.97. The molecule has 3 aromatic carbocycles. The van der Waals surface area contributed by atoms with Gasteiger partial charge in [-0.3, -0.25) is 0 Å². The van der Waals surface area contributed by atoms with Crippen LogP contribution in [-0.2, 0) is 0 Å². The summed E-state index contributed by atoms with van der Waals surface area (Å²) in [5.74, 6) is 0. The molecule has 0 radical (unpaired) electrons. The molecule has 2 heterocycles. The zero-order valence-electron chi connectivity index (χ0n) is 14.9. The van der Waals surface area contributed by atoms with E-state index in [1.165, 1.54) is 47.6 Å². The Balaban J connectivity index is 1.95. The molecule has 2 heteroatoms. The van der Waals surface area contributed by atoms with Crippen molar-refractivity contribution in [3.8, 4) is 0 Å². The lowest BCUT2D eigenvalue weighted by Gasteiger charge is -2.02. The Morgan fingerprint density at radius 2 is 1.58 bits per heavy atom. The number of fused-ring (bicyclic) bond motifs is 6. The molecule has 0 unspecified atom stereocenters. The van der Waals surface area contributed by atoms with Crippen LogP contribution in [0.1, 0.15) is 13.8 Å². The van der Waals surface area contributed by atoms with E-state index in [4.69, 9.17) is 0 Å². The van der Waals surface area contributed by atoms with Crippen molar-refractivity contribution in [2.24, 2.45) is 0 Å². The molecule has 0 aliphatic carbocycles. The summed E-state index contributed by atoms with van der Waals surface area (Å²) in [6.45, 7) is 4.21. The first-order valence-corrected chi connectivity index (χ1v) is 9.73. The number of aromatic nitrogens is 1. The van der Waals surface area contributed by atoms with Gasteiger partial charge in [0.1, 0.15) is 0 Å². The number of hydrogen-bond acceptors (Lipinski definition) is 1. The molecule has 1 nitrogen and oxygen atoms in total. The Morgan fingerprint density at radius 1 is 0.808 bits per heavy atom. The van der Waals surface area contributed by atoms with Crippen molar-refractivity contribution in [3.63, 3.8) is 0 Å². The minimum absolute atomic E-state index is 1.24. The molecule has 0 bridgehead atoms. The maximum Gasteiger partial charge on any atom is 0.0549 e. The monoisotopic (exact) mass is 353 g/mol. The molecule has 2 aromatic heterocycles. The van der Waals surface area contributed by atoms with Gasteiger partial charge in [-0.25, -0.2) is 0 Å². The number of para-hydroxylation sites is 1. The summed E-state index contributed by atoms with van der Waals surface area (Å²) in [4.78, 5) is 0. The first-order chi connectivity index (χ1) is 12.8. The first-order valence-electron chi connectivity index (χ1n) is 8.91. The topological polar surface area (TPSA) is 4.93 Å². The largest absolute Gasteiger partial charge is 0.316 e. The van der Waals surface area contributed by atoms with E-state index in [0.29, 0.717) is 0 Å². The van der Waals surface area contributed by atoms with Crippen molar-refractivity contribution < 1.29 is 0 Å². The molecule has 126 valence electrons. The van der Waals surface area contributed by atoms with Gasteiger partial charge in [-0.15, -0.1) is 11.3 Å². The van der Waals surface area contributed by atoms with Crippen molar-refractivity contribution in [2.75, 3.05) is 0 Å². The van der Waals surface area contributed by atoms with Crippen LogP contribution in [0.15, 0.2) is 78.4 Å². The molecule has 0 fully saturated rings. The van der Waals surface area contributed by atoms with Crippen molar-refractivity contribution in [3.05, 3.63) is 78.4 Å². The summed E-state index contributed by atoms with van der Waals surface area (Å²) in [5, 5.41) is 5.34. The van der Waals surface area contributed by atoms with Gasteiger partial charge in [0.15, 0.2) is 0 Å². The lowest BCUT2D eigenvalue weighted by molar-refractivity contribution is 1.27. The van der Waals surface area contributed by atoms with Gasteiger partial charge in [0.05, 0.1) is 11.0 Å². The van der Waals surface area contributed by atoms with Crippen LogP contribution in [0.5, 0.6) is 0 Å². The highest BCUT2D eigenvalue weighted by molar-refractivity contribution is 7.25. The zero-order valence-corrected chi connectivity index (χ0v) is 15.7. The van der Waals surface area contributed by atoms with Crippen molar-refractivity contribution in [1.82, 2.24) is 4.57 Å². The zero-order chi connectivity index (χ0) is 17.7. The second-order valence-corrected chi connectivity index (χ2v) is 7.81. The highest BCUT2D eigenvalue weighted by Crippen LogP contribution is 2.39. The summed E-state index contributed by atoms with van der Waals surface area (Å²) >= 11 is 1.88. The number of thiophene rings is 1. The summed E-state index contributed by atoms with van der Waals surface area (Å²) in [5.41, 5.74) is 3.77. The lowest BCUT2D eigenvalue weighted by Crippen LogP contribution is -1.87. The molecular weight excluding hydrogens is 334 g/mol. The van der Waals surface area contributed by atoms with Crippen LogP contribution >= 0.6 is 11.3 Å². The maximum atomic E-state index is 2.38. The number of hydrogen-bond donors (Lipinski definition) is 0. The second-order valence-electron chi connectivity index (χ2n) is 6.72. The summed E-state index contributed by atoms with van der Waals surface area (Å²) in [6, 6.07) is 22.1. The molecule has 0 aliphatic heterocycles. The Morgan fingerprint density at radius 3 is 2.42 bits per heavy atom. The smallest absolute Gasteiger partial charge is 0.0549 e. The van der Waals surface area contributed by atoms with Crippen LogP contribution in [0.4, 0.5) is 0 Å². The molecule has 0 spiro atoms. The Hall–Kier alpha value is -2.84. The van der Waals surface area contributed by atoms with E-state index in [1.54, 1.807) is 0 Å². The van der Waals surface area contributed by atoms with Crippen LogP contribution in [-0.4, -0.2) is 4.57 Å². The van der Waals surface area contributed by atoms with Crippen LogP contribution in [0, 0.1) is 0 Å². The minimum atomic E-state index is 1.24. The van der Waals surface area contributed by atoms with Gasteiger partial charge < -0.3 is 4.57 Å². The number of rotatable bonds is 2. The van der Waals surface area contributed by atoms with Crippen molar-refractivity contribution in [1.29, 1.82) is 0 Å². The summed E-state index contributed by atoms with van der Waals surface area (Å²) in [6.07, 6.45) is 6.48. The van der Waals surface area contributed by atoms with Gasteiger partial charge in [-0.2, -0.15) is 0 Å². The average molecular weight is 353 g/mol. The van der Waals surface area contributed by atoms with Gasteiger partial charge in [0, 0.05) is 37.1 Å². The molecular formula is C24H19NS. The van der Waals surface area contributed by atoms with E-state index in [-0.39, 0.29) is 0 Å². The Bertz CT molecular complexity index is 1340. The van der Waals surface area contributed by atoms with Crippen molar-refractivity contribution in [2.45, 2.75) is 13.8 Å². The standard InChI is InChI=1S/C24H19NS/c1-3-8-16(2)15-25-21-11-6-4-9-17(21)19-13-20-18-10-5-7-12-23(18)26-24(20)14-22(19)25/h3-15H,1-2H3/b8-3-,16-15-. The highest BCUT2D eigenvalue weighted by atomic mass is 32.1. The normalized spacial score (nSPS) is 13.1. The molecule has 5 rings (SSSR count). The number of nitrogens with zero attached hydrogens (tertiary/aromatic N) is 1. The molecule has 5 aromatic rings. The van der Waals surface area contributed by atoms with E-state index in [2.05, 4.69) is 97.4 Å². The quantitative estimate of drug-likeness (QED) is 0.288. The first kappa shape index (κ1) is 15.4. The molecule has 0 amide bonds. The van der Waals surface area contributed by atoms with Crippen LogP contribution < -0.4 is 0 Å². The Kier molecular flexibility index (Phi) is 3.47. The fourth-order valence-electron chi connectivity index (χ4n) is 3.87. The highest BCUT2D eigenvalue weighted by Gasteiger charge is 2.13. The number of allylic oxidation sites excluding steroid dienone is 3. The third kappa shape index (κ3) is 2.23. The van der Waals surface area contributed by atoms with Gasteiger partial charge >= 0.3 is 0 Å². The van der Waals surface area contributed by atoms with Crippen LogP contribution in [0.25, 0.3) is 48.2 Å². The van der Waals surface area contributed by atoms with Gasteiger partial charge in [-0.05, 0) is 43.7 Å². The summed E-state index contributed by atoms with van der Waals surface area (Å²) < 4.78 is 5.04. The fourth-order valence-corrected chi connectivity index (χ4v) is 4.99. The van der Waals surface area contributed by atoms with Crippen LogP contribution in [0.3, 0.4) is 0 Å². The van der Waals surface area contributed by atoms with Gasteiger partial charge in [-0.1, -0.05) is 48.6 Å². The molecule has 0 aliphatic rings. The van der Waals surface area contributed by atoms with E-state index >= 15 is 0 Å². The molecule has 0 N–H and O–H groups in total. The molecule has 0 atom stereocenters. The SMILES string of the molecule is C/C=C\C(C)=C/n1c2ccccc2c2cc3c(cc21)sc1ccccc13. The van der Waals surface area contributed by atoms with E-state index < -0.39 is 0 Å². The van der Waals surface area contributed by atoms with Gasteiger partial charge in [0.2, 0.25) is 0 Å². The average Bonchev–Trinajstić information content (AvgIpc) is 3.16. The Labute approximate surface area is 156 Å². The van der Waals surface area contributed by atoms with Gasteiger partial charge in [0.25, 0.3) is 0 Å². The fraction of sp³-hybridized carbons (Fsp3) is 0.0833. The second kappa shape index (κ2) is 5.86. The van der Waals surface area contributed by atoms with Crippen molar-refractivity contribution >= 4 is 59.5 Å². The van der Waals surface area contributed by atoms with E-state index in [0.717, 1.165) is 0 Å². The predicted molar refractivity (Wildman–Crippen MR) is 117 cm³/mol. The maximum absolute atomic E-state index is 2.38. The lowest BCUT2D eigenvalue weighted by atomic mass is 10.1. The predicted octanol–water partition coefficient (Wildman–Crippen LogP) is 7.60.